The summed E-state index contributed by atoms with van der Waals surface area (Å²) < 4.78 is 77.6. The second-order valence-corrected chi connectivity index (χ2v) is 12.1. The maximum absolute atomic E-state index is 15.0. The number of benzene rings is 2. The minimum atomic E-state index is -2.73. The normalized spacial score (nSPS) is 31.7. The number of fused-ring (bicyclic) bond motifs is 4. The number of amides is 4. The number of para-hydroxylation sites is 1. The van der Waals surface area contributed by atoms with Crippen LogP contribution in [0.15, 0.2) is 29.8 Å². The molecular formula is C28H19Cl2F5N2O6. The number of nitrogens with zero attached hydrogens (tertiary/aromatic N) is 2. The summed E-state index contributed by atoms with van der Waals surface area (Å²) in [6.07, 6.45) is 0.896. The van der Waals surface area contributed by atoms with Crippen molar-refractivity contribution in [2.45, 2.75) is 28.5 Å². The molecule has 15 heteroatoms. The van der Waals surface area contributed by atoms with Crippen LogP contribution in [0.5, 0.6) is 11.5 Å². The van der Waals surface area contributed by atoms with Crippen molar-refractivity contribution in [2.75, 3.05) is 19.1 Å². The SMILES string of the molecule is COc1cccc([C@H]2C3=CC[C@@H]4C(=O)N(C)C(=O)[C@@H]4[C@@H]3C[C@@]3(Cl)C(=O)N(c4c(F)c(F)c(F)c(F)c4F)C(=O)[C@@]23Cl)c1O. The van der Waals surface area contributed by atoms with Gasteiger partial charge in [-0.3, -0.25) is 24.1 Å². The fourth-order valence-electron chi connectivity index (χ4n) is 7.01. The maximum Gasteiger partial charge on any atom is 0.258 e. The van der Waals surface area contributed by atoms with Gasteiger partial charge >= 0.3 is 0 Å². The van der Waals surface area contributed by atoms with Crippen LogP contribution < -0.4 is 9.64 Å². The number of hydrogen-bond donors (Lipinski definition) is 1. The van der Waals surface area contributed by atoms with Gasteiger partial charge in [0.15, 0.2) is 44.5 Å². The van der Waals surface area contributed by atoms with Gasteiger partial charge in [-0.2, -0.15) is 0 Å². The third-order valence-corrected chi connectivity index (χ3v) is 10.4. The number of allylic oxidation sites excluding steroid dienone is 2. The number of hydrogen-bond acceptors (Lipinski definition) is 6. The van der Waals surface area contributed by atoms with Crippen LogP contribution in [0.1, 0.15) is 24.3 Å². The molecule has 1 saturated carbocycles. The summed E-state index contributed by atoms with van der Waals surface area (Å²) in [7, 11) is 2.50. The number of halogens is 7. The van der Waals surface area contributed by atoms with Crippen molar-refractivity contribution in [3.8, 4) is 11.5 Å². The molecule has 226 valence electrons. The highest BCUT2D eigenvalue weighted by Crippen LogP contribution is 2.67. The Morgan fingerprint density at radius 3 is 2.12 bits per heavy atom. The molecular weight excluding hydrogens is 626 g/mol. The second-order valence-electron chi connectivity index (χ2n) is 10.8. The van der Waals surface area contributed by atoms with E-state index in [-0.39, 0.29) is 28.2 Å². The minimum Gasteiger partial charge on any atom is -0.504 e. The van der Waals surface area contributed by atoms with Crippen molar-refractivity contribution >= 4 is 52.5 Å². The minimum absolute atomic E-state index is 0.00160. The van der Waals surface area contributed by atoms with Gasteiger partial charge in [0.1, 0.15) is 5.69 Å². The van der Waals surface area contributed by atoms with Crippen molar-refractivity contribution in [2.24, 2.45) is 17.8 Å². The third-order valence-electron chi connectivity index (χ3n) is 9.00. The summed E-state index contributed by atoms with van der Waals surface area (Å²) >= 11 is 14.0. The number of likely N-dealkylation sites (tertiary alicyclic amines) is 1. The Labute approximate surface area is 249 Å². The van der Waals surface area contributed by atoms with Gasteiger partial charge in [-0.05, 0) is 24.8 Å². The number of phenols is 1. The van der Waals surface area contributed by atoms with Gasteiger partial charge in [0.25, 0.3) is 11.8 Å². The highest BCUT2D eigenvalue weighted by Gasteiger charge is 2.77. The number of methoxy groups -OCH3 is 1. The van der Waals surface area contributed by atoms with Gasteiger partial charge < -0.3 is 9.84 Å². The van der Waals surface area contributed by atoms with Gasteiger partial charge in [0.2, 0.25) is 17.6 Å². The van der Waals surface area contributed by atoms with Crippen LogP contribution in [0.3, 0.4) is 0 Å². The molecule has 8 nitrogen and oxygen atoms in total. The molecule has 4 aliphatic rings. The third kappa shape index (κ3) is 3.43. The number of carbonyl (C=O) groups excluding carboxylic acids is 4. The Morgan fingerprint density at radius 2 is 1.51 bits per heavy atom. The topological polar surface area (TPSA) is 104 Å². The van der Waals surface area contributed by atoms with Crippen LogP contribution in [-0.2, 0) is 19.2 Å². The molecule has 0 spiro atoms. The standard InChI is InChI=1S/C28H19Cl2F5N2O6/c1-36-23(39)10-7-6-9-12(14(10)24(36)40)8-27(29)25(41)37(21-19(34)17(32)16(31)18(33)20(21)35)26(42)28(27,30)15(9)11-4-3-5-13(43-2)22(11)38/h3-6,10,12,14-15,38H,7-8H2,1-2H3/t10-,12+,14-,15+,27+,28-/m0/s1. The molecule has 2 aliphatic heterocycles. The Morgan fingerprint density at radius 1 is 0.907 bits per heavy atom. The summed E-state index contributed by atoms with van der Waals surface area (Å²) in [6.45, 7) is 0. The lowest BCUT2D eigenvalue weighted by molar-refractivity contribution is -0.138. The zero-order chi connectivity index (χ0) is 31.5. The first kappa shape index (κ1) is 29.4. The van der Waals surface area contributed by atoms with E-state index in [1.54, 1.807) is 0 Å². The molecule has 2 aliphatic carbocycles. The van der Waals surface area contributed by atoms with Gasteiger partial charge in [0, 0.05) is 18.5 Å². The number of rotatable bonds is 3. The monoisotopic (exact) mass is 644 g/mol. The van der Waals surface area contributed by atoms with Crippen LogP contribution >= 0.6 is 23.2 Å². The summed E-state index contributed by atoms with van der Waals surface area (Å²) in [6, 6.07) is 4.07. The number of carbonyl (C=O) groups is 4. The van der Waals surface area contributed by atoms with Crippen molar-refractivity contribution in [3.63, 3.8) is 0 Å². The lowest BCUT2D eigenvalue weighted by Crippen LogP contribution is -2.60. The molecule has 2 heterocycles. The molecule has 0 aromatic heterocycles. The molecule has 2 aromatic rings. The van der Waals surface area contributed by atoms with Crippen LogP contribution in [0, 0.1) is 46.8 Å². The Hall–Kier alpha value is -3.71. The molecule has 43 heavy (non-hydrogen) atoms. The van der Waals surface area contributed by atoms with Gasteiger partial charge in [0.05, 0.1) is 18.9 Å². The zero-order valence-corrected chi connectivity index (χ0v) is 23.6. The van der Waals surface area contributed by atoms with Gasteiger partial charge in [-0.15, -0.1) is 23.2 Å². The van der Waals surface area contributed by atoms with E-state index in [1.165, 1.54) is 38.4 Å². The van der Waals surface area contributed by atoms with E-state index >= 15 is 8.78 Å². The molecule has 6 atom stereocenters. The van der Waals surface area contributed by atoms with E-state index in [0.29, 0.717) is 0 Å². The van der Waals surface area contributed by atoms with Crippen LogP contribution in [0.4, 0.5) is 27.6 Å². The molecule has 0 unspecified atom stereocenters. The van der Waals surface area contributed by atoms with E-state index < -0.39 is 104 Å². The maximum atomic E-state index is 15.0. The molecule has 0 radical (unpaired) electrons. The van der Waals surface area contributed by atoms with Gasteiger partial charge in [-0.1, -0.05) is 23.8 Å². The molecule has 2 saturated heterocycles. The molecule has 4 amide bonds. The van der Waals surface area contributed by atoms with Gasteiger partial charge in [-0.25, -0.2) is 26.9 Å². The molecule has 0 bridgehead atoms. The predicted octanol–water partition coefficient (Wildman–Crippen LogP) is 4.29. The Bertz CT molecular complexity index is 1690. The lowest BCUT2D eigenvalue weighted by atomic mass is 9.56. The second kappa shape index (κ2) is 9.39. The number of ether oxygens (including phenoxy) is 1. The lowest BCUT2D eigenvalue weighted by Gasteiger charge is -2.50. The fraction of sp³-hybridized carbons (Fsp3) is 0.357. The van der Waals surface area contributed by atoms with Crippen LogP contribution in [-0.4, -0.2) is 57.5 Å². The average molecular weight is 645 g/mol. The number of alkyl halides is 2. The van der Waals surface area contributed by atoms with Crippen LogP contribution in [0.2, 0.25) is 0 Å². The fourth-order valence-corrected chi connectivity index (χ4v) is 7.93. The highest BCUT2D eigenvalue weighted by molar-refractivity contribution is 6.58. The Kier molecular flexibility index (Phi) is 6.41. The number of aromatic hydroxyl groups is 1. The average Bonchev–Trinajstić information content (AvgIpc) is 3.29. The highest BCUT2D eigenvalue weighted by atomic mass is 35.5. The summed E-state index contributed by atoms with van der Waals surface area (Å²) in [5, 5.41) is 11.1. The molecule has 3 fully saturated rings. The molecule has 2 aromatic carbocycles. The first-order chi connectivity index (χ1) is 20.1. The van der Waals surface area contributed by atoms with Crippen molar-refractivity contribution in [1.82, 2.24) is 4.90 Å². The number of phenolic OH excluding ortho intramolecular Hbond substituents is 1. The molecule has 1 N–H and O–H groups in total. The van der Waals surface area contributed by atoms with E-state index in [2.05, 4.69) is 0 Å². The summed E-state index contributed by atoms with van der Waals surface area (Å²) in [5.41, 5.74) is -1.80. The van der Waals surface area contributed by atoms with E-state index in [4.69, 9.17) is 27.9 Å². The summed E-state index contributed by atoms with van der Waals surface area (Å²) in [4.78, 5) is 49.5. The quantitative estimate of drug-likeness (QED) is 0.134. The number of imide groups is 2. The van der Waals surface area contributed by atoms with Crippen LogP contribution in [0.25, 0.3) is 0 Å². The molecule has 6 rings (SSSR count). The number of anilines is 1. The first-order valence-corrected chi connectivity index (χ1v) is 13.6. The van der Waals surface area contributed by atoms with Crippen molar-refractivity contribution < 1.29 is 51.0 Å². The van der Waals surface area contributed by atoms with E-state index in [0.717, 1.165) is 4.90 Å². The Balaban J connectivity index is 1.64. The van der Waals surface area contributed by atoms with E-state index in [9.17, 15) is 37.5 Å². The zero-order valence-electron chi connectivity index (χ0n) is 22.1. The van der Waals surface area contributed by atoms with E-state index in [1.807, 2.05) is 0 Å². The van der Waals surface area contributed by atoms with Crippen molar-refractivity contribution in [1.29, 1.82) is 0 Å². The summed E-state index contributed by atoms with van der Waals surface area (Å²) in [5.74, 6) is -22.0. The smallest absolute Gasteiger partial charge is 0.258 e. The van der Waals surface area contributed by atoms with Crippen molar-refractivity contribution in [3.05, 3.63) is 64.5 Å². The largest absolute Gasteiger partial charge is 0.504 e. The predicted molar refractivity (Wildman–Crippen MR) is 139 cm³/mol. The first-order valence-electron chi connectivity index (χ1n) is 12.8.